The number of likely N-dealkylation sites (N-methyl/N-ethyl adjacent to an activating group) is 1. The first-order valence-corrected chi connectivity index (χ1v) is 7.69. The van der Waals surface area contributed by atoms with Gasteiger partial charge in [0.1, 0.15) is 5.60 Å². The maximum Gasteiger partial charge on any atom is 0.410 e. The number of carbonyl (C=O) groups excluding carboxylic acids is 2. The van der Waals surface area contributed by atoms with E-state index in [0.29, 0.717) is 19.6 Å². The zero-order valence-corrected chi connectivity index (χ0v) is 13.8. The highest BCUT2D eigenvalue weighted by Crippen LogP contribution is 2.23. The lowest BCUT2D eigenvalue weighted by molar-refractivity contribution is -0.139. The normalized spacial score (nSPS) is 27.6. The lowest BCUT2D eigenvalue weighted by atomic mass is 10.0. The van der Waals surface area contributed by atoms with E-state index in [-0.39, 0.29) is 24.1 Å². The highest BCUT2D eigenvalue weighted by molar-refractivity contribution is 5.79. The Balaban J connectivity index is 2.08. The molecule has 2 atom stereocenters. The maximum absolute atomic E-state index is 12.4. The fourth-order valence-electron chi connectivity index (χ4n) is 2.98. The predicted octanol–water partition coefficient (Wildman–Crippen LogP) is 1.16. The Morgan fingerprint density at radius 3 is 2.52 bits per heavy atom. The number of hydrogen-bond acceptors (Lipinski definition) is 4. The minimum atomic E-state index is -0.480. The van der Waals surface area contributed by atoms with Crippen LogP contribution in [0, 0.1) is 0 Å². The topological polar surface area (TPSA) is 53.1 Å². The molecule has 6 nitrogen and oxygen atoms in total. The van der Waals surface area contributed by atoms with Gasteiger partial charge in [-0.05, 0) is 27.2 Å². The van der Waals surface area contributed by atoms with E-state index in [9.17, 15) is 9.59 Å². The standard InChI is InChI=1S/C15H27N3O3/c1-6-11-8-17-10-13(19)16(5)7-12(17)9-18(11)14(20)21-15(2,3)4/h11-12H,6-10H2,1-5H3/t11-,12-/m0/s1. The largest absolute Gasteiger partial charge is 0.444 e. The van der Waals surface area contributed by atoms with Gasteiger partial charge in [-0.3, -0.25) is 9.69 Å². The second kappa shape index (κ2) is 5.83. The summed E-state index contributed by atoms with van der Waals surface area (Å²) in [4.78, 5) is 30.0. The fourth-order valence-corrected chi connectivity index (χ4v) is 2.98. The SMILES string of the molecule is CC[C@H]1CN2CC(=O)N(C)C[C@H]2CN1C(=O)OC(C)(C)C. The molecule has 0 radical (unpaired) electrons. The van der Waals surface area contributed by atoms with Crippen LogP contribution in [0.2, 0.25) is 0 Å². The number of carbonyl (C=O) groups is 2. The van der Waals surface area contributed by atoms with Crippen molar-refractivity contribution in [2.24, 2.45) is 0 Å². The van der Waals surface area contributed by atoms with E-state index in [0.717, 1.165) is 13.0 Å². The molecular formula is C15H27N3O3. The molecule has 21 heavy (non-hydrogen) atoms. The zero-order valence-electron chi connectivity index (χ0n) is 13.8. The zero-order chi connectivity index (χ0) is 15.8. The van der Waals surface area contributed by atoms with Gasteiger partial charge in [0, 0.05) is 38.8 Å². The average molecular weight is 297 g/mol. The van der Waals surface area contributed by atoms with Gasteiger partial charge in [0.15, 0.2) is 0 Å². The molecular weight excluding hydrogens is 270 g/mol. The van der Waals surface area contributed by atoms with Gasteiger partial charge in [-0.2, -0.15) is 0 Å². The Hall–Kier alpha value is -1.30. The Labute approximate surface area is 127 Å². The van der Waals surface area contributed by atoms with Gasteiger partial charge in [0.25, 0.3) is 0 Å². The fraction of sp³-hybridized carbons (Fsp3) is 0.867. The Bertz CT molecular complexity index is 419. The highest BCUT2D eigenvalue weighted by Gasteiger charge is 2.41. The summed E-state index contributed by atoms with van der Waals surface area (Å²) in [7, 11) is 1.82. The van der Waals surface area contributed by atoms with Crippen molar-refractivity contribution in [2.75, 3.05) is 33.2 Å². The van der Waals surface area contributed by atoms with Gasteiger partial charge >= 0.3 is 6.09 Å². The van der Waals surface area contributed by atoms with Crippen LogP contribution in [-0.4, -0.2) is 77.6 Å². The van der Waals surface area contributed by atoms with Gasteiger partial charge in [-0.1, -0.05) is 6.92 Å². The van der Waals surface area contributed by atoms with Crippen LogP contribution in [0.4, 0.5) is 4.79 Å². The summed E-state index contributed by atoms with van der Waals surface area (Å²) in [5.74, 6) is 0.159. The van der Waals surface area contributed by atoms with E-state index in [4.69, 9.17) is 4.74 Å². The third-order valence-electron chi connectivity index (χ3n) is 4.16. The summed E-state index contributed by atoms with van der Waals surface area (Å²) in [5.41, 5.74) is -0.480. The van der Waals surface area contributed by atoms with Crippen LogP contribution in [0.15, 0.2) is 0 Å². The van der Waals surface area contributed by atoms with Gasteiger partial charge < -0.3 is 14.5 Å². The molecule has 0 aromatic carbocycles. The number of nitrogens with zero attached hydrogens (tertiary/aromatic N) is 3. The molecule has 6 heteroatoms. The second-order valence-corrected chi connectivity index (χ2v) is 7.05. The Morgan fingerprint density at radius 2 is 1.95 bits per heavy atom. The monoisotopic (exact) mass is 297 g/mol. The Kier molecular flexibility index (Phi) is 4.46. The molecule has 2 amide bonds. The van der Waals surface area contributed by atoms with Crippen molar-refractivity contribution in [1.82, 2.24) is 14.7 Å². The first-order chi connectivity index (χ1) is 9.71. The van der Waals surface area contributed by atoms with Crippen molar-refractivity contribution >= 4 is 12.0 Å². The van der Waals surface area contributed by atoms with Crippen molar-refractivity contribution in [3.05, 3.63) is 0 Å². The lowest BCUT2D eigenvalue weighted by Gasteiger charge is -2.49. The van der Waals surface area contributed by atoms with Crippen LogP contribution in [0.3, 0.4) is 0 Å². The van der Waals surface area contributed by atoms with Crippen LogP contribution >= 0.6 is 0 Å². The van der Waals surface area contributed by atoms with E-state index in [1.807, 2.05) is 32.7 Å². The first-order valence-electron chi connectivity index (χ1n) is 7.69. The summed E-state index contributed by atoms with van der Waals surface area (Å²) in [6, 6.07) is 0.329. The maximum atomic E-state index is 12.4. The minimum absolute atomic E-state index is 0.118. The van der Waals surface area contributed by atoms with Crippen LogP contribution < -0.4 is 0 Å². The van der Waals surface area contributed by atoms with Gasteiger partial charge in [0.2, 0.25) is 5.91 Å². The smallest absolute Gasteiger partial charge is 0.410 e. The van der Waals surface area contributed by atoms with Crippen molar-refractivity contribution in [3.63, 3.8) is 0 Å². The predicted molar refractivity (Wildman–Crippen MR) is 80.0 cm³/mol. The van der Waals surface area contributed by atoms with Crippen molar-refractivity contribution in [3.8, 4) is 0 Å². The number of hydrogen-bond donors (Lipinski definition) is 0. The van der Waals surface area contributed by atoms with Crippen LogP contribution in [0.25, 0.3) is 0 Å². The number of piperazine rings is 2. The molecule has 0 unspecified atom stereocenters. The molecule has 2 aliphatic rings. The van der Waals surface area contributed by atoms with Gasteiger partial charge in [0.05, 0.1) is 6.54 Å². The molecule has 2 saturated heterocycles. The van der Waals surface area contributed by atoms with Crippen LogP contribution in [0.5, 0.6) is 0 Å². The van der Waals surface area contributed by atoms with E-state index >= 15 is 0 Å². The van der Waals surface area contributed by atoms with Gasteiger partial charge in [-0.15, -0.1) is 0 Å². The molecule has 0 spiro atoms. The highest BCUT2D eigenvalue weighted by atomic mass is 16.6. The molecule has 0 aliphatic carbocycles. The summed E-state index contributed by atoms with van der Waals surface area (Å²) in [6.45, 7) is 10.2. The van der Waals surface area contributed by atoms with Gasteiger partial charge in [-0.25, -0.2) is 4.79 Å². The van der Waals surface area contributed by atoms with Crippen molar-refractivity contribution < 1.29 is 14.3 Å². The molecule has 2 fully saturated rings. The third kappa shape index (κ3) is 3.67. The van der Waals surface area contributed by atoms with E-state index in [1.54, 1.807) is 4.90 Å². The summed E-state index contributed by atoms with van der Waals surface area (Å²) >= 11 is 0. The molecule has 0 bridgehead atoms. The summed E-state index contributed by atoms with van der Waals surface area (Å²) in [6.07, 6.45) is 0.625. The lowest BCUT2D eigenvalue weighted by Crippen LogP contribution is -2.66. The van der Waals surface area contributed by atoms with Crippen LogP contribution in [0.1, 0.15) is 34.1 Å². The Morgan fingerprint density at radius 1 is 1.29 bits per heavy atom. The number of fused-ring (bicyclic) bond motifs is 1. The first kappa shape index (κ1) is 16.1. The summed E-state index contributed by atoms with van der Waals surface area (Å²) in [5, 5.41) is 0. The molecule has 2 rings (SSSR count). The van der Waals surface area contributed by atoms with E-state index in [2.05, 4.69) is 11.8 Å². The molecule has 120 valence electrons. The molecule has 0 aromatic rings. The molecule has 0 aromatic heterocycles. The quantitative estimate of drug-likeness (QED) is 0.729. The number of rotatable bonds is 1. The third-order valence-corrected chi connectivity index (χ3v) is 4.16. The minimum Gasteiger partial charge on any atom is -0.444 e. The van der Waals surface area contributed by atoms with Crippen LogP contribution in [-0.2, 0) is 9.53 Å². The molecule has 0 saturated carbocycles. The molecule has 2 heterocycles. The molecule has 2 aliphatic heterocycles. The van der Waals surface area contributed by atoms with Crippen molar-refractivity contribution in [1.29, 1.82) is 0 Å². The molecule has 0 N–H and O–H groups in total. The van der Waals surface area contributed by atoms with E-state index in [1.165, 1.54) is 0 Å². The number of ether oxygens (including phenoxy) is 1. The average Bonchev–Trinajstić information content (AvgIpc) is 2.36. The van der Waals surface area contributed by atoms with E-state index < -0.39 is 5.60 Å². The summed E-state index contributed by atoms with van der Waals surface area (Å²) < 4.78 is 5.52. The second-order valence-electron chi connectivity index (χ2n) is 7.05. The number of amides is 2. The van der Waals surface area contributed by atoms with Crippen molar-refractivity contribution in [2.45, 2.75) is 51.8 Å².